The third-order valence-corrected chi connectivity index (χ3v) is 10.8. The van der Waals surface area contributed by atoms with Crippen LogP contribution in [0.4, 0.5) is 5.69 Å². The predicted octanol–water partition coefficient (Wildman–Crippen LogP) is 6.45. The number of piperidine rings is 1. The smallest absolute Gasteiger partial charge is 0.240 e. The van der Waals surface area contributed by atoms with E-state index in [2.05, 4.69) is 25.6 Å². The molecule has 44 heavy (non-hydrogen) atoms. The van der Waals surface area contributed by atoms with Crippen molar-refractivity contribution in [2.45, 2.75) is 102 Å². The monoisotopic (exact) mass is 618 g/mol. The Morgan fingerprint density at radius 1 is 0.955 bits per heavy atom. The molecular formula is C35H47ClN6O2. The molecule has 0 unspecified atom stereocenters. The van der Waals surface area contributed by atoms with E-state index in [0.29, 0.717) is 23.4 Å². The molecule has 1 aliphatic heterocycles. The highest BCUT2D eigenvalue weighted by Crippen LogP contribution is 2.47. The number of carbonyl (C=O) groups is 1. The molecule has 3 fully saturated rings. The molecule has 236 valence electrons. The van der Waals surface area contributed by atoms with Crippen LogP contribution in [0.25, 0.3) is 0 Å². The summed E-state index contributed by atoms with van der Waals surface area (Å²) in [5.41, 5.74) is 2.08. The predicted molar refractivity (Wildman–Crippen MR) is 175 cm³/mol. The van der Waals surface area contributed by atoms with Crippen LogP contribution in [0.15, 0.2) is 61.2 Å². The Bertz CT molecular complexity index is 1330. The normalized spacial score (nSPS) is 23.2. The van der Waals surface area contributed by atoms with Gasteiger partial charge < -0.3 is 20.6 Å². The van der Waals surface area contributed by atoms with Crippen molar-refractivity contribution in [3.05, 3.63) is 71.8 Å². The lowest BCUT2D eigenvalue weighted by molar-refractivity contribution is -0.137. The molecule has 1 saturated heterocycles. The van der Waals surface area contributed by atoms with E-state index >= 15 is 0 Å². The summed E-state index contributed by atoms with van der Waals surface area (Å²) in [7, 11) is 0. The molecular weight excluding hydrogens is 572 g/mol. The highest BCUT2D eigenvalue weighted by molar-refractivity contribution is 6.30. The van der Waals surface area contributed by atoms with Crippen molar-refractivity contribution in [1.82, 2.24) is 25.0 Å². The minimum atomic E-state index is -0.277. The van der Waals surface area contributed by atoms with Crippen LogP contribution in [0, 0.1) is 11.3 Å². The number of halogens is 1. The standard InChI is InChI=1S/C35H47ClN6O2/c36-28-12-10-26(11-13-28)22-32(40-30-16-14-29(15-17-30)39-31-8-4-5-9-33(31)43)34(44)41-20-18-35(19-21-41,23-42-25-37-24-38-42)27-6-2-1-3-7-27/h4-5,8-13,24-25,27,29-30,32,39-40,43H,1-3,6-7,14-23H2/t29?,30?,32-/m1/s1. The number of benzene rings is 2. The average molecular weight is 619 g/mol. The van der Waals surface area contributed by atoms with Gasteiger partial charge in [-0.25, -0.2) is 4.98 Å². The Morgan fingerprint density at radius 3 is 2.34 bits per heavy atom. The Balaban J connectivity index is 1.11. The van der Waals surface area contributed by atoms with Gasteiger partial charge in [0.25, 0.3) is 0 Å². The lowest BCUT2D eigenvalue weighted by Gasteiger charge is -2.48. The summed E-state index contributed by atoms with van der Waals surface area (Å²) in [6.45, 7) is 2.48. The second-order valence-corrected chi connectivity index (χ2v) is 13.8. The Kier molecular flexibility index (Phi) is 10.1. The second-order valence-electron chi connectivity index (χ2n) is 13.4. The highest BCUT2D eigenvalue weighted by atomic mass is 35.5. The number of anilines is 1. The van der Waals surface area contributed by atoms with Gasteiger partial charge in [0, 0.05) is 36.7 Å². The van der Waals surface area contributed by atoms with Gasteiger partial charge in [-0.3, -0.25) is 9.48 Å². The first-order chi connectivity index (χ1) is 21.5. The van der Waals surface area contributed by atoms with Crippen molar-refractivity contribution in [2.24, 2.45) is 11.3 Å². The van der Waals surface area contributed by atoms with Crippen LogP contribution in [0.2, 0.25) is 5.02 Å². The number of phenols is 1. The van der Waals surface area contributed by atoms with E-state index in [9.17, 15) is 9.90 Å². The Morgan fingerprint density at radius 2 is 1.66 bits per heavy atom. The Hall–Kier alpha value is -3.10. The number of amides is 1. The number of likely N-dealkylation sites (tertiary alicyclic amines) is 1. The summed E-state index contributed by atoms with van der Waals surface area (Å²) in [5, 5.41) is 22.7. The molecule has 0 spiro atoms. The number of hydrogen-bond donors (Lipinski definition) is 3. The van der Waals surface area contributed by atoms with Gasteiger partial charge in [-0.2, -0.15) is 5.10 Å². The van der Waals surface area contributed by atoms with Crippen LogP contribution >= 0.6 is 11.6 Å². The average Bonchev–Trinajstić information content (AvgIpc) is 3.57. The van der Waals surface area contributed by atoms with Crippen molar-refractivity contribution < 1.29 is 9.90 Å². The zero-order valence-electron chi connectivity index (χ0n) is 25.7. The van der Waals surface area contributed by atoms with Crippen LogP contribution in [-0.2, 0) is 17.8 Å². The van der Waals surface area contributed by atoms with Gasteiger partial charge in [0.05, 0.1) is 11.7 Å². The number of hydrogen-bond acceptors (Lipinski definition) is 6. The number of aromatic hydroxyl groups is 1. The maximum atomic E-state index is 14.3. The van der Waals surface area contributed by atoms with Crippen molar-refractivity contribution in [1.29, 1.82) is 0 Å². The van der Waals surface area contributed by atoms with Gasteiger partial charge in [-0.15, -0.1) is 0 Å². The molecule has 9 heteroatoms. The van der Waals surface area contributed by atoms with Crippen molar-refractivity contribution in [3.8, 4) is 5.75 Å². The number of rotatable bonds is 10. The van der Waals surface area contributed by atoms with Gasteiger partial charge in [0.15, 0.2) is 0 Å². The lowest BCUT2D eigenvalue weighted by Crippen LogP contribution is -2.55. The third-order valence-electron chi connectivity index (χ3n) is 10.6. The van der Waals surface area contributed by atoms with E-state index in [-0.39, 0.29) is 29.2 Å². The zero-order chi connectivity index (χ0) is 30.4. The summed E-state index contributed by atoms with van der Waals surface area (Å²) >= 11 is 6.19. The minimum absolute atomic E-state index is 0.169. The number of phenolic OH excluding ortho intramolecular Hbond substituents is 1. The first kappa shape index (κ1) is 30.9. The SMILES string of the molecule is O=C([C@@H](Cc1ccc(Cl)cc1)NC1CCC(Nc2ccccc2O)CC1)N1CCC(Cn2cncn2)(C2CCCCC2)CC1. The lowest BCUT2D eigenvalue weighted by atomic mass is 9.63. The molecule has 2 aliphatic carbocycles. The molecule has 2 saturated carbocycles. The van der Waals surface area contributed by atoms with E-state index in [4.69, 9.17) is 11.6 Å². The molecule has 3 aliphatic rings. The molecule has 1 aromatic heterocycles. The fraction of sp³-hybridized carbons (Fsp3) is 0.571. The van der Waals surface area contributed by atoms with Crippen LogP contribution in [0.5, 0.6) is 5.75 Å². The molecule has 3 N–H and O–H groups in total. The summed E-state index contributed by atoms with van der Waals surface area (Å²) in [4.78, 5) is 20.6. The largest absolute Gasteiger partial charge is 0.506 e. The van der Waals surface area contributed by atoms with Gasteiger partial charge >= 0.3 is 0 Å². The number of para-hydroxylation sites is 2. The first-order valence-electron chi connectivity index (χ1n) is 16.6. The van der Waals surface area contributed by atoms with E-state index in [0.717, 1.165) is 69.4 Å². The van der Waals surface area contributed by atoms with Crippen molar-refractivity contribution in [2.75, 3.05) is 18.4 Å². The topological polar surface area (TPSA) is 95.3 Å². The number of nitrogens with one attached hydrogen (secondary N) is 2. The molecule has 1 amide bonds. The first-order valence-corrected chi connectivity index (χ1v) is 17.0. The maximum Gasteiger partial charge on any atom is 0.240 e. The molecule has 1 atom stereocenters. The highest BCUT2D eigenvalue weighted by Gasteiger charge is 2.44. The maximum absolute atomic E-state index is 14.3. The molecule has 0 radical (unpaired) electrons. The summed E-state index contributed by atoms with van der Waals surface area (Å²) in [6, 6.07) is 15.6. The van der Waals surface area contributed by atoms with Crippen LogP contribution in [0.1, 0.15) is 76.2 Å². The van der Waals surface area contributed by atoms with E-state index in [1.807, 2.05) is 53.5 Å². The van der Waals surface area contributed by atoms with Crippen LogP contribution < -0.4 is 10.6 Å². The van der Waals surface area contributed by atoms with E-state index < -0.39 is 0 Å². The zero-order valence-corrected chi connectivity index (χ0v) is 26.5. The van der Waals surface area contributed by atoms with Crippen molar-refractivity contribution in [3.63, 3.8) is 0 Å². The summed E-state index contributed by atoms with van der Waals surface area (Å²) in [6.07, 6.45) is 16.6. The molecule has 0 bridgehead atoms. The summed E-state index contributed by atoms with van der Waals surface area (Å²) < 4.78 is 2.02. The fourth-order valence-electron chi connectivity index (χ4n) is 8.02. The second kappa shape index (κ2) is 14.3. The number of aromatic nitrogens is 3. The van der Waals surface area contributed by atoms with E-state index in [1.165, 1.54) is 32.1 Å². The number of nitrogens with zero attached hydrogens (tertiary/aromatic N) is 4. The summed E-state index contributed by atoms with van der Waals surface area (Å²) in [5.74, 6) is 1.19. The molecule has 8 nitrogen and oxygen atoms in total. The quantitative estimate of drug-likeness (QED) is 0.226. The van der Waals surface area contributed by atoms with Gasteiger partial charge in [-0.05, 0) is 98.9 Å². The Labute approximate surface area is 266 Å². The van der Waals surface area contributed by atoms with E-state index in [1.54, 1.807) is 12.4 Å². The molecule has 6 rings (SSSR count). The number of carbonyl (C=O) groups excluding carboxylic acids is 1. The van der Waals surface area contributed by atoms with Gasteiger partial charge in [-0.1, -0.05) is 55.1 Å². The molecule has 2 aromatic carbocycles. The van der Waals surface area contributed by atoms with Crippen LogP contribution in [0.3, 0.4) is 0 Å². The van der Waals surface area contributed by atoms with Gasteiger partial charge in [0.2, 0.25) is 5.91 Å². The van der Waals surface area contributed by atoms with Crippen LogP contribution in [-0.4, -0.2) is 61.9 Å². The van der Waals surface area contributed by atoms with Crippen molar-refractivity contribution >= 4 is 23.2 Å². The fourth-order valence-corrected chi connectivity index (χ4v) is 8.14. The minimum Gasteiger partial charge on any atom is -0.506 e. The van der Waals surface area contributed by atoms with Gasteiger partial charge in [0.1, 0.15) is 18.4 Å². The molecule has 2 heterocycles. The molecule has 3 aromatic rings. The third kappa shape index (κ3) is 7.57.